The monoisotopic (exact) mass is 365 g/mol. The van der Waals surface area contributed by atoms with E-state index < -0.39 is 17.8 Å². The Bertz CT molecular complexity index is 1080. The Morgan fingerprint density at radius 1 is 1.07 bits per heavy atom. The van der Waals surface area contributed by atoms with Gasteiger partial charge in [-0.25, -0.2) is 0 Å². The minimum absolute atomic E-state index is 0.0628. The molecular formula is C18H15N5O4. The van der Waals surface area contributed by atoms with Crippen molar-refractivity contribution in [3.63, 3.8) is 0 Å². The van der Waals surface area contributed by atoms with Gasteiger partial charge in [-0.3, -0.25) is 19.3 Å². The second-order valence-electron chi connectivity index (χ2n) is 6.25. The summed E-state index contributed by atoms with van der Waals surface area (Å²) >= 11 is 0. The van der Waals surface area contributed by atoms with E-state index in [4.69, 9.17) is 5.11 Å². The molecule has 0 bridgehead atoms. The lowest BCUT2D eigenvalue weighted by Gasteiger charge is -2.27. The Morgan fingerprint density at radius 3 is 2.44 bits per heavy atom. The van der Waals surface area contributed by atoms with Crippen LogP contribution in [-0.2, 0) is 11.8 Å². The minimum atomic E-state index is -0.962. The number of hydrogen-bond acceptors (Lipinski definition) is 6. The van der Waals surface area contributed by atoms with Crippen molar-refractivity contribution in [2.24, 2.45) is 7.05 Å². The van der Waals surface area contributed by atoms with Crippen molar-refractivity contribution in [2.45, 2.75) is 12.8 Å². The number of carbonyl (C=O) groups is 3. The van der Waals surface area contributed by atoms with Gasteiger partial charge < -0.3 is 5.11 Å². The largest absolute Gasteiger partial charge is 0.481 e. The van der Waals surface area contributed by atoms with Gasteiger partial charge in [-0.1, -0.05) is 12.1 Å². The highest BCUT2D eigenvalue weighted by Gasteiger charge is 2.33. The number of nitrogens with zero attached hydrogens (tertiary/aromatic N) is 5. The maximum Gasteiger partial charge on any atom is 0.303 e. The van der Waals surface area contributed by atoms with E-state index in [1.54, 1.807) is 31.3 Å². The van der Waals surface area contributed by atoms with Gasteiger partial charge in [0, 0.05) is 35.0 Å². The highest BCUT2D eigenvalue weighted by atomic mass is 16.4. The second-order valence-corrected chi connectivity index (χ2v) is 6.25. The lowest BCUT2D eigenvalue weighted by molar-refractivity contribution is -0.137. The van der Waals surface area contributed by atoms with E-state index in [-0.39, 0.29) is 19.4 Å². The van der Waals surface area contributed by atoms with E-state index in [1.807, 2.05) is 6.07 Å². The van der Waals surface area contributed by atoms with Crippen LogP contribution in [0.2, 0.25) is 0 Å². The maximum absolute atomic E-state index is 12.9. The molecule has 2 amide bonds. The summed E-state index contributed by atoms with van der Waals surface area (Å²) in [5, 5.41) is 22.1. The van der Waals surface area contributed by atoms with E-state index in [1.165, 1.54) is 4.80 Å². The Morgan fingerprint density at radius 2 is 1.78 bits per heavy atom. The van der Waals surface area contributed by atoms with Crippen molar-refractivity contribution in [1.29, 1.82) is 0 Å². The van der Waals surface area contributed by atoms with Crippen LogP contribution >= 0.6 is 0 Å². The number of carbonyl (C=O) groups excluding carboxylic acids is 2. The van der Waals surface area contributed by atoms with E-state index >= 15 is 0 Å². The van der Waals surface area contributed by atoms with E-state index in [2.05, 4.69) is 15.4 Å². The van der Waals surface area contributed by atoms with Gasteiger partial charge in [-0.15, -0.1) is 10.2 Å². The molecule has 0 aliphatic carbocycles. The summed E-state index contributed by atoms with van der Waals surface area (Å²) in [4.78, 5) is 38.9. The molecule has 1 aliphatic heterocycles. The van der Waals surface area contributed by atoms with Gasteiger partial charge in [-0.2, -0.15) is 4.80 Å². The fourth-order valence-corrected chi connectivity index (χ4v) is 3.32. The molecule has 27 heavy (non-hydrogen) atoms. The molecule has 2 heterocycles. The molecule has 9 nitrogen and oxygen atoms in total. The van der Waals surface area contributed by atoms with Crippen molar-refractivity contribution in [3.05, 3.63) is 41.5 Å². The van der Waals surface area contributed by atoms with Crippen molar-refractivity contribution in [3.8, 4) is 11.4 Å². The third-order valence-corrected chi connectivity index (χ3v) is 4.51. The molecule has 0 saturated heterocycles. The number of carboxylic acid groups (broad SMARTS) is 1. The standard InChI is InChI=1S/C18H15N5O4/c1-22-20-16(19-21-22)11-7-8-13-15-10(11)4-2-5-12(15)17(26)23(18(13)27)9-3-6-14(24)25/h2,4-5,7-8H,3,6,9H2,1H3,(H,24,25). The van der Waals surface area contributed by atoms with Crippen LogP contribution in [0.3, 0.4) is 0 Å². The number of benzene rings is 2. The average Bonchev–Trinajstić information content (AvgIpc) is 3.08. The topological polar surface area (TPSA) is 118 Å². The molecule has 1 N–H and O–H groups in total. The summed E-state index contributed by atoms with van der Waals surface area (Å²) in [5.74, 6) is -1.40. The number of rotatable bonds is 5. The third kappa shape index (κ3) is 2.73. The lowest BCUT2D eigenvalue weighted by Crippen LogP contribution is -2.41. The molecule has 1 aliphatic rings. The molecule has 0 radical (unpaired) electrons. The van der Waals surface area contributed by atoms with Crippen LogP contribution < -0.4 is 0 Å². The number of carboxylic acids is 1. The van der Waals surface area contributed by atoms with Crippen LogP contribution in [0, 0.1) is 0 Å². The van der Waals surface area contributed by atoms with Gasteiger partial charge in [0.25, 0.3) is 11.8 Å². The van der Waals surface area contributed by atoms with E-state index in [0.29, 0.717) is 33.3 Å². The summed E-state index contributed by atoms with van der Waals surface area (Å²) in [6.45, 7) is 0.0628. The number of imide groups is 1. The van der Waals surface area contributed by atoms with Crippen LogP contribution in [0.1, 0.15) is 33.6 Å². The Kier molecular flexibility index (Phi) is 3.91. The Hall–Kier alpha value is -3.62. The van der Waals surface area contributed by atoms with Crippen LogP contribution in [0.5, 0.6) is 0 Å². The molecule has 136 valence electrons. The first-order valence-corrected chi connectivity index (χ1v) is 8.35. The number of hydrogen-bond donors (Lipinski definition) is 1. The molecule has 2 aromatic carbocycles. The number of aromatic nitrogens is 4. The highest BCUT2D eigenvalue weighted by Crippen LogP contribution is 2.35. The minimum Gasteiger partial charge on any atom is -0.481 e. The SMILES string of the molecule is Cn1nnc(-c2ccc3c4c(cccc24)C(=O)N(CCCC(=O)O)C3=O)n1. The van der Waals surface area contributed by atoms with E-state index in [0.717, 1.165) is 4.90 Å². The van der Waals surface area contributed by atoms with Crippen molar-refractivity contribution >= 4 is 28.6 Å². The first-order chi connectivity index (χ1) is 13.0. The van der Waals surface area contributed by atoms with Crippen LogP contribution in [0.15, 0.2) is 30.3 Å². The first-order valence-electron chi connectivity index (χ1n) is 8.35. The zero-order valence-corrected chi connectivity index (χ0v) is 14.4. The summed E-state index contributed by atoms with van der Waals surface area (Å²) in [6.07, 6.45) is 0.102. The van der Waals surface area contributed by atoms with Gasteiger partial charge >= 0.3 is 5.97 Å². The zero-order valence-electron chi connectivity index (χ0n) is 14.4. The first kappa shape index (κ1) is 16.8. The quantitative estimate of drug-likeness (QED) is 0.681. The van der Waals surface area contributed by atoms with Crippen LogP contribution in [-0.4, -0.2) is 54.5 Å². The average molecular weight is 365 g/mol. The predicted octanol–water partition coefficient (Wildman–Crippen LogP) is 1.49. The van der Waals surface area contributed by atoms with Gasteiger partial charge in [-0.05, 0) is 35.2 Å². The number of tetrazole rings is 1. The Balaban J connectivity index is 1.82. The molecule has 0 unspecified atom stereocenters. The zero-order chi connectivity index (χ0) is 19.1. The molecule has 4 rings (SSSR count). The molecule has 1 aromatic heterocycles. The number of aryl methyl sites for hydroxylation is 1. The van der Waals surface area contributed by atoms with Gasteiger partial charge in [0.1, 0.15) is 0 Å². The molecule has 3 aromatic rings. The molecule has 0 fully saturated rings. The normalized spacial score (nSPS) is 13.4. The van der Waals surface area contributed by atoms with Crippen molar-refractivity contribution < 1.29 is 19.5 Å². The molecular weight excluding hydrogens is 350 g/mol. The maximum atomic E-state index is 12.9. The van der Waals surface area contributed by atoms with Crippen molar-refractivity contribution in [1.82, 2.24) is 25.1 Å². The smallest absolute Gasteiger partial charge is 0.303 e. The van der Waals surface area contributed by atoms with E-state index in [9.17, 15) is 14.4 Å². The van der Waals surface area contributed by atoms with Gasteiger partial charge in [0.2, 0.25) is 5.82 Å². The molecule has 0 saturated carbocycles. The summed E-state index contributed by atoms with van der Waals surface area (Å²) < 4.78 is 0. The predicted molar refractivity (Wildman–Crippen MR) is 94.0 cm³/mol. The van der Waals surface area contributed by atoms with Crippen LogP contribution in [0.4, 0.5) is 0 Å². The second kappa shape index (κ2) is 6.27. The summed E-state index contributed by atoms with van der Waals surface area (Å²) in [5.41, 5.74) is 1.50. The van der Waals surface area contributed by atoms with Crippen molar-refractivity contribution in [2.75, 3.05) is 6.54 Å². The summed E-state index contributed by atoms with van der Waals surface area (Å²) in [7, 11) is 1.66. The number of aliphatic carboxylic acids is 1. The van der Waals surface area contributed by atoms with Gasteiger partial charge in [0.05, 0.1) is 7.05 Å². The van der Waals surface area contributed by atoms with Crippen LogP contribution in [0.25, 0.3) is 22.2 Å². The van der Waals surface area contributed by atoms with Gasteiger partial charge in [0.15, 0.2) is 0 Å². The lowest BCUT2D eigenvalue weighted by atomic mass is 9.91. The third-order valence-electron chi connectivity index (χ3n) is 4.51. The fraction of sp³-hybridized carbons (Fsp3) is 0.222. The molecule has 9 heteroatoms. The fourth-order valence-electron chi connectivity index (χ4n) is 3.32. The molecule has 0 atom stereocenters. The molecule has 0 spiro atoms. The summed E-state index contributed by atoms with van der Waals surface area (Å²) in [6, 6.07) is 8.61. The number of amides is 2. The Labute approximate surface area is 153 Å². The highest BCUT2D eigenvalue weighted by molar-refractivity contribution is 6.26.